The summed E-state index contributed by atoms with van der Waals surface area (Å²) in [7, 11) is 0. The van der Waals surface area contributed by atoms with Gasteiger partial charge in [0.15, 0.2) is 0 Å². The standard InChI is InChI=1S/C10H7Br2F3/c11-3-1-2-7-4-8(10(13,14)15)6-9(12)5-7/h1-2,4-6H,3H2. The third kappa shape index (κ3) is 3.99. The van der Waals surface area contributed by atoms with E-state index < -0.39 is 11.7 Å². The number of hydrogen-bond donors (Lipinski definition) is 0. The second-order valence-electron chi connectivity index (χ2n) is 2.83. The molecule has 0 saturated carbocycles. The first kappa shape index (κ1) is 12.8. The molecule has 0 aliphatic rings. The summed E-state index contributed by atoms with van der Waals surface area (Å²) in [5.74, 6) is 0. The monoisotopic (exact) mass is 342 g/mol. The predicted octanol–water partition coefficient (Wildman–Crippen LogP) is 4.88. The van der Waals surface area contributed by atoms with Crippen molar-refractivity contribution >= 4 is 37.9 Å². The van der Waals surface area contributed by atoms with Crippen LogP contribution in [0.1, 0.15) is 11.1 Å². The van der Waals surface area contributed by atoms with E-state index in [1.54, 1.807) is 18.2 Å². The molecule has 0 nitrogen and oxygen atoms in total. The third-order valence-corrected chi connectivity index (χ3v) is 2.48. The van der Waals surface area contributed by atoms with Gasteiger partial charge in [-0.1, -0.05) is 44.0 Å². The molecule has 0 unspecified atom stereocenters. The van der Waals surface area contributed by atoms with Gasteiger partial charge in [0.25, 0.3) is 0 Å². The minimum Gasteiger partial charge on any atom is -0.166 e. The summed E-state index contributed by atoms with van der Waals surface area (Å²) in [5, 5.41) is 0.612. The van der Waals surface area contributed by atoms with Gasteiger partial charge < -0.3 is 0 Å². The molecule has 0 fully saturated rings. The zero-order valence-electron chi connectivity index (χ0n) is 7.48. The van der Waals surface area contributed by atoms with Gasteiger partial charge in [0.1, 0.15) is 0 Å². The summed E-state index contributed by atoms with van der Waals surface area (Å²) in [6.07, 6.45) is -0.933. The maximum absolute atomic E-state index is 12.4. The number of halogens is 5. The van der Waals surface area contributed by atoms with Crippen LogP contribution in [0.5, 0.6) is 0 Å². The van der Waals surface area contributed by atoms with Gasteiger partial charge in [-0.3, -0.25) is 0 Å². The average Bonchev–Trinajstić information content (AvgIpc) is 2.12. The van der Waals surface area contributed by atoms with Crippen LogP contribution in [0.15, 0.2) is 28.7 Å². The van der Waals surface area contributed by atoms with E-state index in [1.807, 2.05) is 0 Å². The summed E-state index contributed by atoms with van der Waals surface area (Å²) in [4.78, 5) is 0. The van der Waals surface area contributed by atoms with Crippen LogP contribution in [0, 0.1) is 0 Å². The van der Waals surface area contributed by atoms with Crippen molar-refractivity contribution in [3.8, 4) is 0 Å². The maximum atomic E-state index is 12.4. The van der Waals surface area contributed by atoms with E-state index >= 15 is 0 Å². The Hall–Kier alpha value is -0.290. The average molecular weight is 344 g/mol. The van der Waals surface area contributed by atoms with E-state index in [0.717, 1.165) is 12.1 Å². The lowest BCUT2D eigenvalue weighted by molar-refractivity contribution is -0.137. The molecule has 0 radical (unpaired) electrons. The topological polar surface area (TPSA) is 0 Å². The summed E-state index contributed by atoms with van der Waals surface area (Å²) >= 11 is 6.21. The van der Waals surface area contributed by atoms with Crippen LogP contribution < -0.4 is 0 Å². The molecule has 0 atom stereocenters. The Morgan fingerprint density at radius 1 is 1.20 bits per heavy atom. The van der Waals surface area contributed by atoms with E-state index in [-0.39, 0.29) is 0 Å². The van der Waals surface area contributed by atoms with Gasteiger partial charge in [-0.15, -0.1) is 0 Å². The van der Waals surface area contributed by atoms with Crippen LogP contribution in [-0.4, -0.2) is 5.33 Å². The third-order valence-electron chi connectivity index (χ3n) is 1.65. The molecule has 0 aliphatic heterocycles. The van der Waals surface area contributed by atoms with Crippen molar-refractivity contribution in [3.63, 3.8) is 0 Å². The van der Waals surface area contributed by atoms with E-state index in [0.29, 0.717) is 15.4 Å². The summed E-state index contributed by atoms with van der Waals surface area (Å²) in [5.41, 5.74) is -0.123. The molecule has 0 bridgehead atoms. The van der Waals surface area contributed by atoms with Crippen molar-refractivity contribution in [2.75, 3.05) is 5.33 Å². The van der Waals surface area contributed by atoms with Crippen LogP contribution in [0.25, 0.3) is 6.08 Å². The van der Waals surface area contributed by atoms with Gasteiger partial charge >= 0.3 is 6.18 Å². The molecule has 82 valence electrons. The van der Waals surface area contributed by atoms with Crippen molar-refractivity contribution < 1.29 is 13.2 Å². The van der Waals surface area contributed by atoms with E-state index in [2.05, 4.69) is 31.9 Å². The Bertz CT molecular complexity index is 369. The zero-order valence-corrected chi connectivity index (χ0v) is 10.7. The van der Waals surface area contributed by atoms with E-state index in [9.17, 15) is 13.2 Å². The fourth-order valence-corrected chi connectivity index (χ4v) is 1.75. The number of rotatable bonds is 2. The highest BCUT2D eigenvalue weighted by molar-refractivity contribution is 9.10. The van der Waals surface area contributed by atoms with Crippen molar-refractivity contribution in [3.05, 3.63) is 39.9 Å². The largest absolute Gasteiger partial charge is 0.416 e. The van der Waals surface area contributed by atoms with Crippen LogP contribution in [0.4, 0.5) is 13.2 Å². The molecule has 0 amide bonds. The Kier molecular flexibility index (Phi) is 4.40. The van der Waals surface area contributed by atoms with Crippen LogP contribution in [0.2, 0.25) is 0 Å². The lowest BCUT2D eigenvalue weighted by Gasteiger charge is -2.08. The zero-order chi connectivity index (χ0) is 11.5. The van der Waals surface area contributed by atoms with Gasteiger partial charge in [0, 0.05) is 9.80 Å². The number of hydrogen-bond acceptors (Lipinski definition) is 0. The van der Waals surface area contributed by atoms with Crippen LogP contribution >= 0.6 is 31.9 Å². The fourth-order valence-electron chi connectivity index (χ4n) is 1.05. The molecule has 0 saturated heterocycles. The first-order valence-electron chi connectivity index (χ1n) is 4.04. The molecule has 0 aromatic heterocycles. The molecule has 0 N–H and O–H groups in total. The number of alkyl halides is 4. The Morgan fingerprint density at radius 3 is 2.40 bits per heavy atom. The molecular weight excluding hydrogens is 337 g/mol. The number of benzene rings is 1. The minimum atomic E-state index is -4.30. The molecule has 0 heterocycles. The SMILES string of the molecule is FC(F)(F)c1cc(Br)cc(C=CCBr)c1. The summed E-state index contributed by atoms with van der Waals surface area (Å²) in [6.45, 7) is 0. The smallest absolute Gasteiger partial charge is 0.166 e. The van der Waals surface area contributed by atoms with Gasteiger partial charge in [0.05, 0.1) is 5.56 Å². The van der Waals surface area contributed by atoms with Gasteiger partial charge in [-0.25, -0.2) is 0 Å². The van der Waals surface area contributed by atoms with E-state index in [1.165, 1.54) is 0 Å². The van der Waals surface area contributed by atoms with Crippen molar-refractivity contribution in [1.29, 1.82) is 0 Å². The minimum absolute atomic E-state index is 0.423. The Balaban J connectivity index is 3.11. The van der Waals surface area contributed by atoms with Gasteiger partial charge in [0.2, 0.25) is 0 Å². The molecule has 0 spiro atoms. The highest BCUT2D eigenvalue weighted by atomic mass is 79.9. The van der Waals surface area contributed by atoms with E-state index in [4.69, 9.17) is 0 Å². The van der Waals surface area contributed by atoms with Crippen LogP contribution in [0.3, 0.4) is 0 Å². The fraction of sp³-hybridized carbons (Fsp3) is 0.200. The van der Waals surface area contributed by atoms with Gasteiger partial charge in [-0.05, 0) is 23.8 Å². The maximum Gasteiger partial charge on any atom is 0.416 e. The summed E-state index contributed by atoms with van der Waals surface area (Å²) < 4.78 is 37.7. The van der Waals surface area contributed by atoms with Gasteiger partial charge in [-0.2, -0.15) is 13.2 Å². The second kappa shape index (κ2) is 5.16. The first-order valence-corrected chi connectivity index (χ1v) is 5.95. The first-order chi connectivity index (χ1) is 6.93. The highest BCUT2D eigenvalue weighted by Gasteiger charge is 2.30. The predicted molar refractivity (Wildman–Crippen MR) is 62.0 cm³/mol. The highest BCUT2D eigenvalue weighted by Crippen LogP contribution is 2.32. The van der Waals surface area contributed by atoms with Crippen molar-refractivity contribution in [2.24, 2.45) is 0 Å². The normalized spacial score (nSPS) is 12.3. The molecule has 15 heavy (non-hydrogen) atoms. The van der Waals surface area contributed by atoms with Crippen molar-refractivity contribution in [1.82, 2.24) is 0 Å². The van der Waals surface area contributed by atoms with Crippen LogP contribution in [-0.2, 0) is 6.18 Å². The molecule has 1 aromatic rings. The molecule has 0 aliphatic carbocycles. The molecule has 1 rings (SSSR count). The quantitative estimate of drug-likeness (QED) is 0.671. The summed E-state index contributed by atoms with van der Waals surface area (Å²) in [6, 6.07) is 3.81. The lowest BCUT2D eigenvalue weighted by Crippen LogP contribution is -2.04. The Labute approximate surface area is 102 Å². The van der Waals surface area contributed by atoms with Crippen molar-refractivity contribution in [2.45, 2.75) is 6.18 Å². The Morgan fingerprint density at radius 2 is 1.87 bits per heavy atom. The second-order valence-corrected chi connectivity index (χ2v) is 4.39. The molecular formula is C10H7Br2F3. The molecule has 1 aromatic carbocycles. The number of allylic oxidation sites excluding steroid dienone is 1. The molecule has 5 heteroatoms. The lowest BCUT2D eigenvalue weighted by atomic mass is 10.1.